The monoisotopic (exact) mass is 378 g/mol. The van der Waals surface area contributed by atoms with Gasteiger partial charge in [0.25, 0.3) is 5.91 Å². The predicted octanol–water partition coefficient (Wildman–Crippen LogP) is 5.12. The highest BCUT2D eigenvalue weighted by Crippen LogP contribution is 2.36. The third kappa shape index (κ3) is 3.36. The van der Waals surface area contributed by atoms with Gasteiger partial charge in [0.2, 0.25) is 0 Å². The Labute approximate surface area is 163 Å². The first-order chi connectivity index (χ1) is 13.2. The molecule has 4 nitrogen and oxygen atoms in total. The number of hydrogen-bond donors (Lipinski definition) is 1. The van der Waals surface area contributed by atoms with Crippen LogP contribution in [0.2, 0.25) is 5.02 Å². The normalized spacial score (nSPS) is 15.6. The van der Waals surface area contributed by atoms with E-state index in [2.05, 4.69) is 5.32 Å². The maximum Gasteiger partial charge on any atom is 0.256 e. The molecule has 1 amide bonds. The van der Waals surface area contributed by atoms with E-state index in [1.165, 1.54) is 0 Å². The van der Waals surface area contributed by atoms with Crippen LogP contribution in [0.5, 0.6) is 5.75 Å². The molecule has 0 fully saturated rings. The molecule has 0 aromatic heterocycles. The smallest absolute Gasteiger partial charge is 0.256 e. The molecular weight excluding hydrogens is 360 g/mol. The van der Waals surface area contributed by atoms with Crippen LogP contribution in [-0.2, 0) is 6.54 Å². The quantitative estimate of drug-likeness (QED) is 0.670. The van der Waals surface area contributed by atoms with Gasteiger partial charge in [-0.15, -0.1) is 0 Å². The zero-order valence-corrected chi connectivity index (χ0v) is 15.6. The van der Waals surface area contributed by atoms with E-state index < -0.39 is 0 Å². The predicted molar refractivity (Wildman–Crippen MR) is 107 cm³/mol. The zero-order chi connectivity index (χ0) is 18.8. The lowest BCUT2D eigenvalue weighted by molar-refractivity contribution is 0.0729. The first-order valence-electron chi connectivity index (χ1n) is 8.71. The number of anilines is 1. The minimum atomic E-state index is -0.280. The summed E-state index contributed by atoms with van der Waals surface area (Å²) in [4.78, 5) is 14.9. The van der Waals surface area contributed by atoms with E-state index in [0.29, 0.717) is 17.1 Å². The van der Waals surface area contributed by atoms with Gasteiger partial charge in [-0.2, -0.15) is 0 Å². The lowest BCUT2D eigenvalue weighted by Gasteiger charge is -2.27. The van der Waals surface area contributed by atoms with Gasteiger partial charge >= 0.3 is 0 Å². The van der Waals surface area contributed by atoms with Crippen LogP contribution in [0.4, 0.5) is 5.69 Å². The van der Waals surface area contributed by atoms with Gasteiger partial charge in [-0.3, -0.25) is 4.79 Å². The number of halogens is 1. The molecule has 0 radical (unpaired) electrons. The topological polar surface area (TPSA) is 41.6 Å². The summed E-state index contributed by atoms with van der Waals surface area (Å²) < 4.78 is 5.31. The van der Waals surface area contributed by atoms with Crippen molar-refractivity contribution in [3.05, 3.63) is 94.5 Å². The van der Waals surface area contributed by atoms with Crippen LogP contribution < -0.4 is 10.1 Å². The third-order valence-electron chi connectivity index (χ3n) is 4.73. The minimum Gasteiger partial charge on any atom is -0.497 e. The van der Waals surface area contributed by atoms with Crippen LogP contribution in [0.1, 0.15) is 27.7 Å². The first kappa shape index (κ1) is 17.4. The Morgan fingerprint density at radius 2 is 1.81 bits per heavy atom. The van der Waals surface area contributed by atoms with Crippen molar-refractivity contribution < 1.29 is 9.53 Å². The number of rotatable bonds is 5. The second kappa shape index (κ2) is 7.33. The summed E-state index contributed by atoms with van der Waals surface area (Å²) in [6.45, 7) is 0.425. The molecule has 27 heavy (non-hydrogen) atoms. The molecule has 0 saturated heterocycles. The number of methoxy groups -OCH3 is 1. The van der Waals surface area contributed by atoms with Gasteiger partial charge in [0.15, 0.2) is 0 Å². The Morgan fingerprint density at radius 1 is 1.04 bits per heavy atom. The number of carbonyl (C=O) groups excluding carboxylic acids is 1. The van der Waals surface area contributed by atoms with E-state index in [-0.39, 0.29) is 12.1 Å². The molecule has 0 unspecified atom stereocenters. The van der Waals surface area contributed by atoms with E-state index >= 15 is 0 Å². The number of benzene rings is 3. The maximum absolute atomic E-state index is 13.1. The molecule has 4 rings (SSSR count). The van der Waals surface area contributed by atoms with Gasteiger partial charge < -0.3 is 15.0 Å². The lowest BCUT2D eigenvalue weighted by Crippen LogP contribution is -2.32. The van der Waals surface area contributed by atoms with E-state index in [4.69, 9.17) is 16.3 Å². The van der Waals surface area contributed by atoms with Crippen molar-refractivity contribution in [1.29, 1.82) is 0 Å². The van der Waals surface area contributed by atoms with Crippen LogP contribution in [0.25, 0.3) is 0 Å². The summed E-state index contributed by atoms with van der Waals surface area (Å²) in [5.74, 6) is 0.751. The van der Waals surface area contributed by atoms with E-state index in [1.807, 2.05) is 77.7 Å². The first-order valence-corrected chi connectivity index (χ1v) is 9.09. The molecule has 3 aromatic rings. The fourth-order valence-corrected chi connectivity index (χ4v) is 3.57. The van der Waals surface area contributed by atoms with Crippen molar-refractivity contribution in [3.63, 3.8) is 0 Å². The van der Waals surface area contributed by atoms with E-state index in [9.17, 15) is 4.79 Å². The SMILES string of the molecule is COc1cccc(N[C@H]2c3ccccc3C(=O)N2Cc2ccccc2Cl)c1. The fraction of sp³-hybridized carbons (Fsp3) is 0.136. The number of carbonyl (C=O) groups is 1. The lowest BCUT2D eigenvalue weighted by atomic mass is 10.1. The molecule has 0 aliphatic carbocycles. The van der Waals surface area contributed by atoms with Gasteiger partial charge in [0.05, 0.1) is 7.11 Å². The molecule has 1 atom stereocenters. The largest absolute Gasteiger partial charge is 0.497 e. The minimum absolute atomic E-state index is 0.00841. The van der Waals surface area contributed by atoms with Gasteiger partial charge in [-0.25, -0.2) is 0 Å². The van der Waals surface area contributed by atoms with Crippen molar-refractivity contribution >= 4 is 23.2 Å². The van der Waals surface area contributed by atoms with Crippen molar-refractivity contribution in [2.45, 2.75) is 12.7 Å². The fourth-order valence-electron chi connectivity index (χ4n) is 3.37. The molecule has 0 spiro atoms. The Morgan fingerprint density at radius 3 is 2.63 bits per heavy atom. The van der Waals surface area contributed by atoms with Crippen molar-refractivity contribution in [2.24, 2.45) is 0 Å². The van der Waals surface area contributed by atoms with E-state index in [0.717, 1.165) is 22.6 Å². The molecule has 1 aliphatic heterocycles. The number of nitrogens with zero attached hydrogens (tertiary/aromatic N) is 1. The van der Waals surface area contributed by atoms with E-state index in [1.54, 1.807) is 7.11 Å². The average Bonchev–Trinajstić information content (AvgIpc) is 2.96. The Hall–Kier alpha value is -2.98. The third-order valence-corrected chi connectivity index (χ3v) is 5.10. The maximum atomic E-state index is 13.1. The Bertz CT molecular complexity index is 989. The highest BCUT2D eigenvalue weighted by atomic mass is 35.5. The van der Waals surface area contributed by atoms with Gasteiger partial charge in [-0.05, 0) is 29.8 Å². The van der Waals surface area contributed by atoms with Crippen LogP contribution in [-0.4, -0.2) is 17.9 Å². The molecule has 1 aliphatic rings. The summed E-state index contributed by atoms with van der Waals surface area (Å²) in [7, 11) is 1.64. The summed E-state index contributed by atoms with van der Waals surface area (Å²) in [5, 5.41) is 4.13. The van der Waals surface area contributed by atoms with Gasteiger partial charge in [0.1, 0.15) is 11.9 Å². The Kier molecular flexibility index (Phi) is 4.73. The highest BCUT2D eigenvalue weighted by molar-refractivity contribution is 6.31. The number of fused-ring (bicyclic) bond motifs is 1. The van der Waals surface area contributed by atoms with Crippen LogP contribution >= 0.6 is 11.6 Å². The molecule has 5 heteroatoms. The summed E-state index contributed by atoms with van der Waals surface area (Å²) in [6.07, 6.45) is -0.280. The molecule has 136 valence electrons. The summed E-state index contributed by atoms with van der Waals surface area (Å²) >= 11 is 6.33. The molecule has 0 saturated carbocycles. The molecule has 0 bridgehead atoms. The molecule has 3 aromatic carbocycles. The Balaban J connectivity index is 1.70. The van der Waals surface area contributed by atoms with Crippen molar-refractivity contribution in [2.75, 3.05) is 12.4 Å². The van der Waals surface area contributed by atoms with Crippen molar-refractivity contribution in [1.82, 2.24) is 4.90 Å². The number of amides is 1. The summed E-state index contributed by atoms with van der Waals surface area (Å²) in [5.41, 5.74) is 3.47. The second-order valence-electron chi connectivity index (χ2n) is 6.39. The molecule has 1 heterocycles. The number of ether oxygens (including phenoxy) is 1. The zero-order valence-electron chi connectivity index (χ0n) is 14.9. The standard InChI is InChI=1S/C22H19ClN2O2/c1-27-17-9-6-8-16(13-17)24-21-18-10-3-4-11-19(18)22(26)25(21)14-15-7-2-5-12-20(15)23/h2-13,21,24H,14H2,1H3/t21-/m1/s1. The van der Waals surface area contributed by atoms with Gasteiger partial charge in [0, 0.05) is 34.4 Å². The van der Waals surface area contributed by atoms with Crippen molar-refractivity contribution in [3.8, 4) is 5.75 Å². The molecule has 1 N–H and O–H groups in total. The number of nitrogens with one attached hydrogen (secondary N) is 1. The average molecular weight is 379 g/mol. The highest BCUT2D eigenvalue weighted by Gasteiger charge is 2.36. The van der Waals surface area contributed by atoms with Gasteiger partial charge in [-0.1, -0.05) is 54.1 Å². The summed E-state index contributed by atoms with van der Waals surface area (Å²) in [6, 6.07) is 23.0. The molecular formula is C22H19ClN2O2. The number of hydrogen-bond acceptors (Lipinski definition) is 3. The van der Waals surface area contributed by atoms with Crippen LogP contribution in [0.3, 0.4) is 0 Å². The van der Waals surface area contributed by atoms with Crippen LogP contribution in [0.15, 0.2) is 72.8 Å². The van der Waals surface area contributed by atoms with Crippen LogP contribution in [0, 0.1) is 0 Å². The second-order valence-corrected chi connectivity index (χ2v) is 6.80.